The molecule has 126 valence electrons. The first-order chi connectivity index (χ1) is 10.2. The van der Waals surface area contributed by atoms with E-state index in [4.69, 9.17) is 0 Å². The molecule has 1 rings (SSSR count). The highest BCUT2D eigenvalue weighted by molar-refractivity contribution is 9.10. The van der Waals surface area contributed by atoms with Crippen molar-refractivity contribution in [3.63, 3.8) is 0 Å². The summed E-state index contributed by atoms with van der Waals surface area (Å²) in [4.78, 5) is 0.209. The van der Waals surface area contributed by atoms with E-state index in [1.807, 2.05) is 0 Å². The quantitative estimate of drug-likeness (QED) is 0.713. The van der Waals surface area contributed by atoms with Crippen LogP contribution in [0.3, 0.4) is 0 Å². The van der Waals surface area contributed by atoms with E-state index >= 15 is 0 Å². The number of aliphatic hydroxyl groups is 1. The molecule has 0 amide bonds. The monoisotopic (exact) mass is 391 g/mol. The standard InChI is InChI=1S/C16H26BrNO3S/c1-11(2)9-15(12(3)4)16(10-19)18-22(20,21)14-7-5-13(17)6-8-14/h5-8,11-12,15-16,18-19H,9-10H2,1-4H3/t15-,16+/m0/s1. The Labute approximate surface area is 142 Å². The molecule has 0 unspecified atom stereocenters. The molecule has 0 radical (unpaired) electrons. The molecule has 2 atom stereocenters. The summed E-state index contributed by atoms with van der Waals surface area (Å²) in [6.45, 7) is 8.12. The fourth-order valence-electron chi connectivity index (χ4n) is 2.59. The molecule has 0 aromatic heterocycles. The molecule has 0 saturated heterocycles. The minimum absolute atomic E-state index is 0.0928. The van der Waals surface area contributed by atoms with Gasteiger partial charge in [-0.15, -0.1) is 0 Å². The third-order valence-electron chi connectivity index (χ3n) is 3.74. The van der Waals surface area contributed by atoms with Gasteiger partial charge in [-0.25, -0.2) is 13.1 Å². The van der Waals surface area contributed by atoms with Crippen molar-refractivity contribution in [2.75, 3.05) is 6.61 Å². The highest BCUT2D eigenvalue weighted by Gasteiger charge is 2.29. The van der Waals surface area contributed by atoms with Gasteiger partial charge in [-0.05, 0) is 48.4 Å². The van der Waals surface area contributed by atoms with E-state index in [1.165, 1.54) is 0 Å². The molecule has 6 heteroatoms. The van der Waals surface area contributed by atoms with Crippen LogP contribution in [0.25, 0.3) is 0 Å². The molecule has 1 aromatic rings. The molecule has 0 fully saturated rings. The second kappa shape index (κ2) is 8.43. The average molecular weight is 392 g/mol. The summed E-state index contributed by atoms with van der Waals surface area (Å²) in [5.41, 5.74) is 0. The zero-order valence-corrected chi connectivity index (χ0v) is 16.0. The summed E-state index contributed by atoms with van der Waals surface area (Å²) in [5.74, 6) is 0.820. The Kier molecular flexibility index (Phi) is 7.52. The minimum Gasteiger partial charge on any atom is -0.395 e. The van der Waals surface area contributed by atoms with Crippen molar-refractivity contribution >= 4 is 26.0 Å². The fourth-order valence-corrected chi connectivity index (χ4v) is 4.13. The number of hydrogen-bond donors (Lipinski definition) is 2. The van der Waals surface area contributed by atoms with Crippen molar-refractivity contribution in [2.45, 2.75) is 45.1 Å². The van der Waals surface area contributed by atoms with E-state index in [-0.39, 0.29) is 23.3 Å². The van der Waals surface area contributed by atoms with E-state index in [0.29, 0.717) is 5.92 Å². The van der Waals surface area contributed by atoms with Crippen LogP contribution in [0.4, 0.5) is 0 Å². The molecular weight excluding hydrogens is 366 g/mol. The van der Waals surface area contributed by atoms with Gasteiger partial charge in [-0.1, -0.05) is 43.6 Å². The Morgan fingerprint density at radius 1 is 1.14 bits per heavy atom. The molecule has 1 aromatic carbocycles. The summed E-state index contributed by atoms with van der Waals surface area (Å²) in [6.07, 6.45) is 0.867. The van der Waals surface area contributed by atoms with Crippen molar-refractivity contribution in [3.8, 4) is 0 Å². The number of benzene rings is 1. The first kappa shape index (κ1) is 19.6. The zero-order chi connectivity index (χ0) is 16.9. The van der Waals surface area contributed by atoms with Crippen LogP contribution in [0.15, 0.2) is 33.6 Å². The lowest BCUT2D eigenvalue weighted by Crippen LogP contribution is -2.45. The van der Waals surface area contributed by atoms with Crippen LogP contribution in [0.5, 0.6) is 0 Å². The van der Waals surface area contributed by atoms with Crippen LogP contribution in [-0.4, -0.2) is 26.2 Å². The summed E-state index contributed by atoms with van der Waals surface area (Å²) in [5, 5.41) is 9.68. The number of nitrogens with one attached hydrogen (secondary N) is 1. The van der Waals surface area contributed by atoms with Gasteiger partial charge in [0.1, 0.15) is 0 Å². The maximum absolute atomic E-state index is 12.5. The zero-order valence-electron chi connectivity index (χ0n) is 13.6. The third kappa shape index (κ3) is 5.65. The maximum Gasteiger partial charge on any atom is 0.240 e. The predicted octanol–water partition coefficient (Wildman–Crippen LogP) is 3.41. The molecule has 0 heterocycles. The molecule has 0 spiro atoms. The van der Waals surface area contributed by atoms with Crippen molar-refractivity contribution < 1.29 is 13.5 Å². The lowest BCUT2D eigenvalue weighted by molar-refractivity contribution is 0.169. The van der Waals surface area contributed by atoms with E-state index in [2.05, 4.69) is 48.3 Å². The lowest BCUT2D eigenvalue weighted by atomic mass is 9.82. The van der Waals surface area contributed by atoms with Gasteiger partial charge in [0.15, 0.2) is 0 Å². The Morgan fingerprint density at radius 2 is 1.68 bits per heavy atom. The summed E-state index contributed by atoms with van der Waals surface area (Å²) in [7, 11) is -3.63. The number of rotatable bonds is 8. The maximum atomic E-state index is 12.5. The van der Waals surface area contributed by atoms with Crippen LogP contribution in [0.1, 0.15) is 34.1 Å². The SMILES string of the molecule is CC(C)C[C@@H](C(C)C)[C@@H](CO)NS(=O)(=O)c1ccc(Br)cc1. The molecule has 2 N–H and O–H groups in total. The second-order valence-corrected chi connectivity index (χ2v) is 9.03. The predicted molar refractivity (Wildman–Crippen MR) is 93.1 cm³/mol. The van der Waals surface area contributed by atoms with E-state index in [0.717, 1.165) is 10.9 Å². The van der Waals surface area contributed by atoms with Gasteiger partial charge >= 0.3 is 0 Å². The minimum atomic E-state index is -3.63. The van der Waals surface area contributed by atoms with Crippen molar-refractivity contribution in [1.29, 1.82) is 0 Å². The van der Waals surface area contributed by atoms with E-state index < -0.39 is 16.1 Å². The van der Waals surface area contributed by atoms with Gasteiger partial charge < -0.3 is 5.11 Å². The number of halogens is 1. The van der Waals surface area contributed by atoms with Crippen LogP contribution in [-0.2, 0) is 10.0 Å². The van der Waals surface area contributed by atoms with Gasteiger partial charge in [0.2, 0.25) is 10.0 Å². The Morgan fingerprint density at radius 3 is 2.09 bits per heavy atom. The van der Waals surface area contributed by atoms with Gasteiger partial charge in [0.05, 0.1) is 11.5 Å². The normalized spacial score (nSPS) is 15.3. The van der Waals surface area contributed by atoms with Gasteiger partial charge in [-0.3, -0.25) is 0 Å². The lowest BCUT2D eigenvalue weighted by Gasteiger charge is -2.30. The number of sulfonamides is 1. The second-order valence-electron chi connectivity index (χ2n) is 6.40. The summed E-state index contributed by atoms with van der Waals surface area (Å²) >= 11 is 3.29. The highest BCUT2D eigenvalue weighted by atomic mass is 79.9. The first-order valence-electron chi connectivity index (χ1n) is 7.56. The Bertz CT molecular complexity index is 555. The molecule has 0 aliphatic carbocycles. The van der Waals surface area contributed by atoms with Crippen molar-refractivity contribution in [2.24, 2.45) is 17.8 Å². The van der Waals surface area contributed by atoms with Gasteiger partial charge in [-0.2, -0.15) is 0 Å². The number of aliphatic hydroxyl groups excluding tert-OH is 1. The van der Waals surface area contributed by atoms with Gasteiger partial charge in [0.25, 0.3) is 0 Å². The molecule has 0 aliphatic rings. The third-order valence-corrected chi connectivity index (χ3v) is 5.78. The van der Waals surface area contributed by atoms with Crippen LogP contribution < -0.4 is 4.72 Å². The Balaban J connectivity index is 2.97. The summed E-state index contributed by atoms with van der Waals surface area (Å²) < 4.78 is 28.5. The highest BCUT2D eigenvalue weighted by Crippen LogP contribution is 2.25. The van der Waals surface area contributed by atoms with E-state index in [9.17, 15) is 13.5 Å². The average Bonchev–Trinajstić information content (AvgIpc) is 2.42. The van der Waals surface area contributed by atoms with E-state index in [1.54, 1.807) is 24.3 Å². The topological polar surface area (TPSA) is 66.4 Å². The molecule has 4 nitrogen and oxygen atoms in total. The van der Waals surface area contributed by atoms with Crippen LogP contribution in [0.2, 0.25) is 0 Å². The van der Waals surface area contributed by atoms with Crippen molar-refractivity contribution in [1.82, 2.24) is 4.72 Å². The van der Waals surface area contributed by atoms with Gasteiger partial charge in [0, 0.05) is 10.5 Å². The van der Waals surface area contributed by atoms with Crippen LogP contribution in [0, 0.1) is 17.8 Å². The smallest absolute Gasteiger partial charge is 0.240 e. The molecule has 0 saturated carbocycles. The van der Waals surface area contributed by atoms with Crippen molar-refractivity contribution in [3.05, 3.63) is 28.7 Å². The largest absolute Gasteiger partial charge is 0.395 e. The molecule has 0 bridgehead atoms. The van der Waals surface area contributed by atoms with Crippen LogP contribution >= 0.6 is 15.9 Å². The Hall–Kier alpha value is -0.430. The number of hydrogen-bond acceptors (Lipinski definition) is 3. The molecule has 22 heavy (non-hydrogen) atoms. The molecular formula is C16H26BrNO3S. The first-order valence-corrected chi connectivity index (χ1v) is 9.83. The molecule has 0 aliphatic heterocycles. The fraction of sp³-hybridized carbons (Fsp3) is 0.625. The summed E-state index contributed by atoms with van der Waals surface area (Å²) in [6, 6.07) is 6.00.